The lowest BCUT2D eigenvalue weighted by atomic mass is 10.0. The van der Waals surface area contributed by atoms with Crippen molar-refractivity contribution in [3.63, 3.8) is 0 Å². The van der Waals surface area contributed by atoms with Crippen molar-refractivity contribution < 1.29 is 4.39 Å². The minimum atomic E-state index is -0.349. The van der Waals surface area contributed by atoms with Crippen molar-refractivity contribution in [1.29, 1.82) is 0 Å². The van der Waals surface area contributed by atoms with Crippen molar-refractivity contribution in [2.24, 2.45) is 0 Å². The largest absolute Gasteiger partial charge is 0.314 e. The molecule has 0 radical (unpaired) electrons. The Morgan fingerprint density at radius 2 is 2.17 bits per heavy atom. The van der Waals surface area contributed by atoms with Gasteiger partial charge in [-0.25, -0.2) is 4.39 Å². The summed E-state index contributed by atoms with van der Waals surface area (Å²) >= 11 is 5.73. The predicted octanol–water partition coefficient (Wildman–Crippen LogP) is 3.00. The van der Waals surface area contributed by atoms with Gasteiger partial charge in [0.1, 0.15) is 5.82 Å². The number of nitrogens with zero attached hydrogens (tertiary/aromatic N) is 1. The first-order valence-electron chi connectivity index (χ1n) is 6.23. The van der Waals surface area contributed by atoms with E-state index in [0.29, 0.717) is 0 Å². The first kappa shape index (κ1) is 13.5. The fourth-order valence-corrected chi connectivity index (χ4v) is 2.48. The molecule has 0 aromatic heterocycles. The van der Waals surface area contributed by atoms with E-state index in [4.69, 9.17) is 11.6 Å². The van der Waals surface area contributed by atoms with Gasteiger partial charge in [-0.3, -0.25) is 4.90 Å². The van der Waals surface area contributed by atoms with Crippen LogP contribution in [-0.2, 0) is 0 Å². The van der Waals surface area contributed by atoms with Gasteiger partial charge in [0.15, 0.2) is 0 Å². The normalized spacial score (nSPS) is 18.6. The average molecular weight is 269 g/mol. The van der Waals surface area contributed by atoms with Crippen LogP contribution in [0.3, 0.4) is 0 Å². The van der Waals surface area contributed by atoms with E-state index >= 15 is 0 Å². The zero-order chi connectivity index (χ0) is 13.0. The number of hydrogen-bond donors (Lipinski definition) is 1. The summed E-state index contributed by atoms with van der Waals surface area (Å²) in [6.45, 7) is 7.70. The highest BCUT2D eigenvalue weighted by Crippen LogP contribution is 2.27. The molecule has 2 rings (SSSR count). The van der Waals surface area contributed by atoms with Gasteiger partial charge in [0.05, 0.1) is 5.02 Å². The molecule has 1 aromatic rings. The molecule has 0 amide bonds. The minimum Gasteiger partial charge on any atom is -0.314 e. The Hall–Kier alpha value is -0.900. The van der Waals surface area contributed by atoms with E-state index < -0.39 is 0 Å². The molecule has 0 unspecified atom stereocenters. The minimum absolute atomic E-state index is 0.177. The molecule has 98 valence electrons. The van der Waals surface area contributed by atoms with Gasteiger partial charge in [-0.05, 0) is 24.1 Å². The highest BCUT2D eigenvalue weighted by molar-refractivity contribution is 6.30. The fraction of sp³-hybridized carbons (Fsp3) is 0.429. The van der Waals surface area contributed by atoms with E-state index in [2.05, 4.69) is 16.8 Å². The maximum Gasteiger partial charge on any atom is 0.142 e. The van der Waals surface area contributed by atoms with Gasteiger partial charge in [-0.1, -0.05) is 23.7 Å². The van der Waals surface area contributed by atoms with Gasteiger partial charge >= 0.3 is 0 Å². The Kier molecular flexibility index (Phi) is 4.75. The summed E-state index contributed by atoms with van der Waals surface area (Å²) in [6, 6.07) is 5.27. The molecular weight excluding hydrogens is 251 g/mol. The lowest BCUT2D eigenvalue weighted by Gasteiger charge is -2.34. The number of halogens is 2. The number of hydrogen-bond acceptors (Lipinski definition) is 2. The van der Waals surface area contributed by atoms with Crippen LogP contribution in [0.1, 0.15) is 18.0 Å². The van der Waals surface area contributed by atoms with E-state index in [1.807, 2.05) is 12.1 Å². The molecule has 1 atom stereocenters. The number of benzene rings is 1. The van der Waals surface area contributed by atoms with Crippen LogP contribution in [0.5, 0.6) is 0 Å². The second kappa shape index (κ2) is 6.32. The molecule has 1 aromatic carbocycles. The summed E-state index contributed by atoms with van der Waals surface area (Å²) in [5.74, 6) is -0.349. The monoisotopic (exact) mass is 268 g/mol. The van der Waals surface area contributed by atoms with Crippen molar-refractivity contribution in [2.45, 2.75) is 12.5 Å². The number of piperazine rings is 1. The number of rotatable bonds is 4. The molecular formula is C14H18ClFN2. The zero-order valence-electron chi connectivity index (χ0n) is 10.3. The third kappa shape index (κ3) is 3.10. The molecule has 1 heterocycles. The van der Waals surface area contributed by atoms with Crippen LogP contribution in [0.15, 0.2) is 30.9 Å². The summed E-state index contributed by atoms with van der Waals surface area (Å²) in [4.78, 5) is 2.36. The summed E-state index contributed by atoms with van der Waals surface area (Å²) in [5, 5.41) is 3.50. The third-order valence-corrected chi connectivity index (χ3v) is 3.62. The maximum atomic E-state index is 13.6. The van der Waals surface area contributed by atoms with E-state index in [-0.39, 0.29) is 16.9 Å². The first-order valence-corrected chi connectivity index (χ1v) is 6.61. The molecule has 4 heteroatoms. The Balaban J connectivity index is 2.22. The van der Waals surface area contributed by atoms with E-state index in [9.17, 15) is 4.39 Å². The molecule has 1 N–H and O–H groups in total. The lowest BCUT2D eigenvalue weighted by molar-refractivity contribution is 0.174. The van der Waals surface area contributed by atoms with E-state index in [1.165, 1.54) is 0 Å². The molecule has 1 fully saturated rings. The lowest BCUT2D eigenvalue weighted by Crippen LogP contribution is -2.45. The summed E-state index contributed by atoms with van der Waals surface area (Å²) in [7, 11) is 0. The Bertz CT molecular complexity index is 416. The second-order valence-electron chi connectivity index (χ2n) is 4.50. The summed E-state index contributed by atoms with van der Waals surface area (Å²) in [6.07, 6.45) is 2.71. The van der Waals surface area contributed by atoms with Gasteiger partial charge < -0.3 is 5.32 Å². The van der Waals surface area contributed by atoms with Gasteiger partial charge in [0.25, 0.3) is 0 Å². The van der Waals surface area contributed by atoms with E-state index in [1.54, 1.807) is 12.1 Å². The van der Waals surface area contributed by atoms with Crippen LogP contribution >= 0.6 is 11.6 Å². The average Bonchev–Trinajstić information content (AvgIpc) is 2.40. The second-order valence-corrected chi connectivity index (χ2v) is 4.91. The summed E-state index contributed by atoms with van der Waals surface area (Å²) < 4.78 is 13.6. The van der Waals surface area contributed by atoms with Gasteiger partial charge in [-0.2, -0.15) is 0 Å². The van der Waals surface area contributed by atoms with Crippen molar-refractivity contribution in [3.05, 3.63) is 47.3 Å². The smallest absolute Gasteiger partial charge is 0.142 e. The van der Waals surface area contributed by atoms with Crippen LogP contribution in [0.25, 0.3) is 0 Å². The van der Waals surface area contributed by atoms with Crippen LogP contribution in [0.2, 0.25) is 5.02 Å². The zero-order valence-corrected chi connectivity index (χ0v) is 11.1. The van der Waals surface area contributed by atoms with Crippen molar-refractivity contribution in [1.82, 2.24) is 10.2 Å². The maximum absolute atomic E-state index is 13.6. The van der Waals surface area contributed by atoms with Crippen LogP contribution in [-0.4, -0.2) is 31.1 Å². The van der Waals surface area contributed by atoms with Crippen LogP contribution in [0.4, 0.5) is 4.39 Å². The van der Waals surface area contributed by atoms with Crippen molar-refractivity contribution in [3.8, 4) is 0 Å². The SMILES string of the molecule is C=CC[C@H](c1ccc(Cl)c(F)c1)N1CCNCC1. The Morgan fingerprint density at radius 1 is 1.44 bits per heavy atom. The highest BCUT2D eigenvalue weighted by Gasteiger charge is 2.21. The molecule has 18 heavy (non-hydrogen) atoms. The van der Waals surface area contributed by atoms with Gasteiger partial charge in [0.2, 0.25) is 0 Å². The van der Waals surface area contributed by atoms with Crippen LogP contribution < -0.4 is 5.32 Å². The molecule has 1 aliphatic rings. The van der Waals surface area contributed by atoms with Crippen molar-refractivity contribution in [2.75, 3.05) is 26.2 Å². The molecule has 0 spiro atoms. The van der Waals surface area contributed by atoms with E-state index in [0.717, 1.165) is 38.2 Å². The molecule has 0 saturated carbocycles. The molecule has 0 aliphatic carbocycles. The number of nitrogens with one attached hydrogen (secondary N) is 1. The van der Waals surface area contributed by atoms with Gasteiger partial charge in [0, 0.05) is 32.2 Å². The standard InChI is InChI=1S/C14H18ClFN2/c1-2-3-14(18-8-6-17-7-9-18)11-4-5-12(15)13(16)10-11/h2,4-5,10,14,17H,1,3,6-9H2/t14-/m1/s1. The Morgan fingerprint density at radius 3 is 2.78 bits per heavy atom. The van der Waals surface area contributed by atoms with Gasteiger partial charge in [-0.15, -0.1) is 6.58 Å². The van der Waals surface area contributed by atoms with Crippen molar-refractivity contribution >= 4 is 11.6 Å². The molecule has 1 aliphatic heterocycles. The predicted molar refractivity (Wildman–Crippen MR) is 73.4 cm³/mol. The molecule has 2 nitrogen and oxygen atoms in total. The summed E-state index contributed by atoms with van der Waals surface area (Å²) in [5.41, 5.74) is 0.971. The molecule has 1 saturated heterocycles. The third-order valence-electron chi connectivity index (χ3n) is 3.31. The first-order chi connectivity index (χ1) is 8.72. The molecule has 0 bridgehead atoms. The highest BCUT2D eigenvalue weighted by atomic mass is 35.5. The topological polar surface area (TPSA) is 15.3 Å². The fourth-order valence-electron chi connectivity index (χ4n) is 2.37. The van der Waals surface area contributed by atoms with Crippen LogP contribution in [0, 0.1) is 5.82 Å². The quantitative estimate of drug-likeness (QED) is 0.845. The Labute approximate surface area is 112 Å².